The van der Waals surface area contributed by atoms with Crippen molar-refractivity contribution in [3.8, 4) is 17.1 Å². The molecule has 0 fully saturated rings. The van der Waals surface area contributed by atoms with E-state index in [-0.39, 0.29) is 5.54 Å². The second-order valence-electron chi connectivity index (χ2n) is 7.91. The Labute approximate surface area is 167 Å². The number of nitrogens with zero attached hydrogens (tertiary/aromatic N) is 2. The first-order chi connectivity index (χ1) is 13.8. The molecule has 1 aromatic heterocycles. The van der Waals surface area contributed by atoms with Gasteiger partial charge in [0, 0.05) is 0 Å². The minimum Gasteiger partial charge on any atom is -0.217 e. The molecular formula is C26H27N2+. The largest absolute Gasteiger partial charge is 0.295 e. The molecule has 2 heterocycles. The number of aromatic nitrogens is 2. The van der Waals surface area contributed by atoms with Crippen molar-refractivity contribution >= 4 is 11.0 Å². The number of rotatable bonds is 3. The van der Waals surface area contributed by atoms with Crippen LogP contribution in [0.1, 0.15) is 38.7 Å². The zero-order valence-corrected chi connectivity index (χ0v) is 16.7. The van der Waals surface area contributed by atoms with Crippen molar-refractivity contribution < 1.29 is 4.57 Å². The van der Waals surface area contributed by atoms with E-state index in [4.69, 9.17) is 0 Å². The van der Waals surface area contributed by atoms with Gasteiger partial charge in [-0.15, -0.1) is 0 Å². The zero-order valence-electron chi connectivity index (χ0n) is 16.7. The number of hydrogen-bond donors (Lipinski definition) is 0. The minimum absolute atomic E-state index is 0.133. The van der Waals surface area contributed by atoms with Gasteiger partial charge < -0.3 is 0 Å². The van der Waals surface area contributed by atoms with Gasteiger partial charge in [0.2, 0.25) is 0 Å². The fourth-order valence-corrected chi connectivity index (χ4v) is 5.09. The number of hydrogen-bond acceptors (Lipinski definition) is 0. The van der Waals surface area contributed by atoms with E-state index >= 15 is 0 Å². The van der Waals surface area contributed by atoms with E-state index in [9.17, 15) is 0 Å². The van der Waals surface area contributed by atoms with E-state index < -0.39 is 0 Å². The Morgan fingerprint density at radius 3 is 2.29 bits per heavy atom. The summed E-state index contributed by atoms with van der Waals surface area (Å²) >= 11 is 0. The molecule has 0 saturated carbocycles. The van der Waals surface area contributed by atoms with Crippen LogP contribution in [0.5, 0.6) is 0 Å². The van der Waals surface area contributed by atoms with Crippen molar-refractivity contribution in [1.82, 2.24) is 4.57 Å². The molecule has 0 aliphatic carbocycles. The van der Waals surface area contributed by atoms with Crippen LogP contribution in [0.4, 0.5) is 0 Å². The van der Waals surface area contributed by atoms with Gasteiger partial charge in [0.05, 0.1) is 5.56 Å². The predicted molar refractivity (Wildman–Crippen MR) is 116 cm³/mol. The molecule has 0 atom stereocenters. The molecule has 0 radical (unpaired) electrons. The molecule has 5 rings (SSSR count). The number of imidazole rings is 1. The van der Waals surface area contributed by atoms with Crippen LogP contribution in [-0.4, -0.2) is 4.57 Å². The Kier molecular flexibility index (Phi) is 4.08. The molecule has 0 spiro atoms. The maximum atomic E-state index is 2.67. The first-order valence-electron chi connectivity index (χ1n) is 10.5. The maximum Gasteiger partial charge on any atom is 0.295 e. The van der Waals surface area contributed by atoms with Crippen LogP contribution in [0.25, 0.3) is 28.1 Å². The molecule has 4 aromatic rings. The average molecular weight is 368 g/mol. The van der Waals surface area contributed by atoms with E-state index in [1.807, 2.05) is 0 Å². The molecule has 1 aliphatic heterocycles. The molecule has 140 valence electrons. The maximum absolute atomic E-state index is 2.67. The lowest BCUT2D eigenvalue weighted by Gasteiger charge is -2.28. The van der Waals surface area contributed by atoms with E-state index in [0.717, 1.165) is 19.3 Å². The Morgan fingerprint density at radius 1 is 0.821 bits per heavy atom. The van der Waals surface area contributed by atoms with Gasteiger partial charge >= 0.3 is 0 Å². The highest BCUT2D eigenvalue weighted by atomic mass is 15.2. The molecule has 0 bridgehead atoms. The van der Waals surface area contributed by atoms with Gasteiger partial charge in [-0.05, 0) is 61.6 Å². The van der Waals surface area contributed by atoms with Crippen LogP contribution < -0.4 is 4.57 Å². The monoisotopic (exact) mass is 367 g/mol. The summed E-state index contributed by atoms with van der Waals surface area (Å²) in [6.45, 7) is 4.70. The third-order valence-corrected chi connectivity index (χ3v) is 6.71. The van der Waals surface area contributed by atoms with E-state index in [1.54, 1.807) is 0 Å². The highest BCUT2D eigenvalue weighted by Crippen LogP contribution is 2.39. The van der Waals surface area contributed by atoms with Crippen molar-refractivity contribution in [2.45, 2.75) is 45.1 Å². The van der Waals surface area contributed by atoms with Crippen molar-refractivity contribution in [3.05, 3.63) is 84.4 Å². The standard InChI is InChI=1S/C26H27N2/c1-3-26(4-2)19-18-20-12-8-9-15-22(20)25-27(21-13-6-5-7-14-21)23-16-10-11-17-24(23)28(25)26/h5-17H,3-4,18-19H2,1-2H3/q+1. The van der Waals surface area contributed by atoms with Crippen LogP contribution in [0.15, 0.2) is 78.9 Å². The molecule has 0 unspecified atom stereocenters. The molecule has 0 N–H and O–H groups in total. The molecule has 3 aromatic carbocycles. The lowest BCUT2D eigenvalue weighted by molar-refractivity contribution is -0.734. The Bertz CT molecular complexity index is 1130. The van der Waals surface area contributed by atoms with E-state index in [0.29, 0.717) is 0 Å². The lowest BCUT2D eigenvalue weighted by atomic mass is 9.86. The highest BCUT2D eigenvalue weighted by molar-refractivity contribution is 5.80. The second-order valence-corrected chi connectivity index (χ2v) is 7.91. The summed E-state index contributed by atoms with van der Waals surface area (Å²) in [4.78, 5) is 0. The van der Waals surface area contributed by atoms with Crippen LogP contribution in [-0.2, 0) is 12.0 Å². The summed E-state index contributed by atoms with van der Waals surface area (Å²) in [7, 11) is 0. The molecule has 0 saturated heterocycles. The molecule has 28 heavy (non-hydrogen) atoms. The zero-order chi connectivity index (χ0) is 19.1. The first-order valence-corrected chi connectivity index (χ1v) is 10.5. The molecule has 2 heteroatoms. The fourth-order valence-electron chi connectivity index (χ4n) is 5.09. The van der Waals surface area contributed by atoms with Crippen LogP contribution in [0.3, 0.4) is 0 Å². The second kappa shape index (κ2) is 6.63. The average Bonchev–Trinajstić information content (AvgIpc) is 3.04. The summed E-state index contributed by atoms with van der Waals surface area (Å²) < 4.78 is 5.14. The summed E-state index contributed by atoms with van der Waals surface area (Å²) in [6.07, 6.45) is 4.58. The Balaban J connectivity index is 2.00. The Hall–Kier alpha value is -2.87. The SMILES string of the molecule is CCC1(CC)CCc2ccccc2-c2n(-c3ccccc3)c3ccccc3[n+]21. The summed E-state index contributed by atoms with van der Waals surface area (Å²) in [5.74, 6) is 1.32. The fraction of sp³-hybridized carbons (Fsp3) is 0.269. The predicted octanol–water partition coefficient (Wildman–Crippen LogP) is 6.05. The van der Waals surface area contributed by atoms with Gasteiger partial charge in [-0.1, -0.05) is 62.4 Å². The summed E-state index contributed by atoms with van der Waals surface area (Å²) in [6, 6.07) is 28.7. The molecule has 1 aliphatic rings. The van der Waals surface area contributed by atoms with Gasteiger partial charge in [0.1, 0.15) is 11.2 Å². The number of para-hydroxylation sites is 3. The molecular weight excluding hydrogens is 340 g/mol. The smallest absolute Gasteiger partial charge is 0.217 e. The van der Waals surface area contributed by atoms with Crippen LogP contribution in [0, 0.1) is 0 Å². The summed E-state index contributed by atoms with van der Waals surface area (Å²) in [5.41, 5.74) is 6.80. The van der Waals surface area contributed by atoms with Gasteiger partial charge in [-0.25, -0.2) is 4.57 Å². The van der Waals surface area contributed by atoms with E-state index in [1.165, 1.54) is 40.1 Å². The molecule has 0 amide bonds. The molecule has 2 nitrogen and oxygen atoms in total. The lowest BCUT2D eigenvalue weighted by Crippen LogP contribution is -2.56. The van der Waals surface area contributed by atoms with Crippen LogP contribution in [0.2, 0.25) is 0 Å². The van der Waals surface area contributed by atoms with Crippen molar-refractivity contribution in [2.24, 2.45) is 0 Å². The highest BCUT2D eigenvalue weighted by Gasteiger charge is 2.43. The first kappa shape index (κ1) is 17.2. The van der Waals surface area contributed by atoms with Crippen LogP contribution >= 0.6 is 0 Å². The Morgan fingerprint density at radius 2 is 1.50 bits per heavy atom. The van der Waals surface area contributed by atoms with Gasteiger partial charge in [-0.2, -0.15) is 4.57 Å². The topological polar surface area (TPSA) is 8.81 Å². The quantitative estimate of drug-likeness (QED) is 0.390. The normalized spacial score (nSPS) is 15.1. The number of fused-ring (bicyclic) bond motifs is 5. The van der Waals surface area contributed by atoms with Crippen molar-refractivity contribution in [1.29, 1.82) is 0 Å². The number of aryl methyl sites for hydroxylation is 1. The third kappa shape index (κ3) is 2.37. The number of benzene rings is 3. The van der Waals surface area contributed by atoms with Gasteiger partial charge in [-0.3, -0.25) is 0 Å². The van der Waals surface area contributed by atoms with Gasteiger partial charge in [0.15, 0.2) is 11.0 Å². The summed E-state index contributed by atoms with van der Waals surface area (Å²) in [5, 5.41) is 0. The third-order valence-electron chi connectivity index (χ3n) is 6.71. The van der Waals surface area contributed by atoms with E-state index in [2.05, 4.69) is 102 Å². The minimum atomic E-state index is 0.133. The van der Waals surface area contributed by atoms with Crippen molar-refractivity contribution in [2.75, 3.05) is 0 Å². The van der Waals surface area contributed by atoms with Gasteiger partial charge in [0.25, 0.3) is 5.82 Å². The van der Waals surface area contributed by atoms with Crippen molar-refractivity contribution in [3.63, 3.8) is 0 Å².